The Morgan fingerprint density at radius 2 is 0.740 bits per heavy atom. The van der Waals surface area contributed by atoms with Gasteiger partial charge in [0.25, 0.3) is 0 Å². The molecule has 50 heavy (non-hydrogen) atoms. The van der Waals surface area contributed by atoms with E-state index < -0.39 is 132 Å². The predicted molar refractivity (Wildman–Crippen MR) is 167 cm³/mol. The summed E-state index contributed by atoms with van der Waals surface area (Å²) in [7, 11) is 0. The van der Waals surface area contributed by atoms with Crippen LogP contribution in [0, 0.1) is 0 Å². The number of aliphatic carboxylic acids is 8. The van der Waals surface area contributed by atoms with Crippen molar-refractivity contribution in [3.05, 3.63) is 29.8 Å². The second kappa shape index (κ2) is 22.3. The fourth-order valence-corrected chi connectivity index (χ4v) is 4.88. The van der Waals surface area contributed by atoms with Gasteiger partial charge >= 0.3 is 47.8 Å². The molecule has 1 rings (SSSR count). The molecule has 0 aliphatic rings. The molecular weight excluding hydrogens is 676 g/mol. The summed E-state index contributed by atoms with van der Waals surface area (Å²) >= 11 is 0. The normalized spacial score (nSPS) is 11.2. The van der Waals surface area contributed by atoms with E-state index in [2.05, 4.69) is 0 Å². The molecule has 0 saturated carbocycles. The van der Waals surface area contributed by atoms with Crippen molar-refractivity contribution in [2.45, 2.75) is 26.0 Å². The molecule has 0 aliphatic carbocycles. The van der Waals surface area contributed by atoms with E-state index in [0.717, 1.165) is 19.6 Å². The van der Waals surface area contributed by atoms with E-state index >= 15 is 0 Å². The third kappa shape index (κ3) is 19.4. The number of hydrogen-bond donors (Lipinski definition) is 8. The molecule has 21 heteroatoms. The highest BCUT2D eigenvalue weighted by atomic mass is 16.5. The van der Waals surface area contributed by atoms with Crippen LogP contribution in [0.15, 0.2) is 24.3 Å². The molecule has 0 unspecified atom stereocenters. The third-order valence-electron chi connectivity index (χ3n) is 6.10. The van der Waals surface area contributed by atoms with Gasteiger partial charge in [-0.05, 0) is 6.07 Å². The molecule has 0 aliphatic heterocycles. The molecule has 1 aromatic carbocycles. The van der Waals surface area contributed by atoms with Crippen molar-refractivity contribution in [3.8, 4) is 5.75 Å². The van der Waals surface area contributed by atoms with E-state index in [1.165, 1.54) is 24.3 Å². The second-order valence-corrected chi connectivity index (χ2v) is 10.6. The van der Waals surface area contributed by atoms with Crippen LogP contribution in [0.5, 0.6) is 5.75 Å². The van der Waals surface area contributed by atoms with E-state index in [1.807, 2.05) is 13.8 Å². The van der Waals surface area contributed by atoms with E-state index in [9.17, 15) is 79.2 Å². The average Bonchev–Trinajstić information content (AvgIpc) is 2.92. The molecule has 0 bridgehead atoms. The quantitative estimate of drug-likeness (QED) is 0.0524. The Kier molecular flexibility index (Phi) is 19.9. The van der Waals surface area contributed by atoms with Crippen molar-refractivity contribution >= 4 is 47.8 Å². The van der Waals surface area contributed by atoms with Gasteiger partial charge < -0.3 is 45.6 Å². The van der Waals surface area contributed by atoms with Gasteiger partial charge in [0.15, 0.2) is 0 Å². The highest BCUT2D eigenvalue weighted by Crippen LogP contribution is 2.28. The molecule has 8 N–H and O–H groups in total. The molecule has 0 saturated heterocycles. The van der Waals surface area contributed by atoms with Gasteiger partial charge in [-0.25, -0.2) is 0 Å². The first-order chi connectivity index (χ1) is 23.3. The fraction of sp³-hybridized carbons (Fsp3) is 0.517. The number of rotatable bonds is 26. The van der Waals surface area contributed by atoms with Gasteiger partial charge in [-0.15, -0.1) is 0 Å². The summed E-state index contributed by atoms with van der Waals surface area (Å²) in [6, 6.07) is 5.50. The number of carboxylic acid groups (broad SMARTS) is 8. The Bertz CT molecular complexity index is 1200. The number of hydrogen-bond acceptors (Lipinski definition) is 13. The molecule has 0 fully saturated rings. The van der Waals surface area contributed by atoms with Gasteiger partial charge in [0.1, 0.15) is 11.4 Å². The van der Waals surface area contributed by atoms with Crippen LogP contribution in [0.25, 0.3) is 0 Å². The summed E-state index contributed by atoms with van der Waals surface area (Å²) in [5.74, 6) is -12.2. The van der Waals surface area contributed by atoms with Gasteiger partial charge in [0.05, 0.1) is 52.4 Å². The Morgan fingerprint density at radius 3 is 1.02 bits per heavy atom. The Labute approximate surface area is 285 Å². The standard InChI is InChI=1S/C27H36N4O17.C2H6/c32-19(33)6-28(7-20(34)35)5-17-3-1-2-4-18(17)48-27(14-29(8-21(36)37)9-22(38)39,15-30(10-23(40)41)11-24(42)43)16-31(12-25(44)45)13-26(46)47;1-2/h1-4H,5-16H2,(H,32,33)(H,34,35)(H,36,37)(H,38,39)(H,40,41)(H,42,43)(H,44,45)(H,46,47);1-2H3. The number of carbonyl (C=O) groups is 8. The maximum atomic E-state index is 11.7. The van der Waals surface area contributed by atoms with E-state index in [0.29, 0.717) is 0 Å². The molecule has 0 amide bonds. The SMILES string of the molecule is CC.O=C(O)CN(CC(=O)O)Cc1ccccc1OC(CN(CC(=O)O)CC(=O)O)(CN(CC(=O)O)CC(=O)O)CN(CC(=O)O)CC(=O)O. The van der Waals surface area contributed by atoms with Crippen LogP contribution in [0.3, 0.4) is 0 Å². The van der Waals surface area contributed by atoms with Crippen LogP contribution in [0.1, 0.15) is 19.4 Å². The Balaban J connectivity index is 0.0000118. The average molecular weight is 719 g/mol. The minimum absolute atomic E-state index is 0.0958. The van der Waals surface area contributed by atoms with Gasteiger partial charge in [0, 0.05) is 31.7 Å². The topological polar surface area (TPSA) is 321 Å². The van der Waals surface area contributed by atoms with Crippen LogP contribution >= 0.6 is 0 Å². The molecule has 0 heterocycles. The molecular formula is C29H42N4O17. The number of benzene rings is 1. The van der Waals surface area contributed by atoms with E-state index in [1.54, 1.807) is 0 Å². The highest BCUT2D eigenvalue weighted by Gasteiger charge is 2.41. The maximum Gasteiger partial charge on any atom is 0.317 e. The summed E-state index contributed by atoms with van der Waals surface area (Å²) in [5, 5.41) is 75.6. The number of para-hydroxylation sites is 1. The third-order valence-corrected chi connectivity index (χ3v) is 6.10. The summed E-state index contributed by atoms with van der Waals surface area (Å²) in [4.78, 5) is 96.4. The largest absolute Gasteiger partial charge is 0.483 e. The van der Waals surface area contributed by atoms with Crippen molar-refractivity contribution in [2.24, 2.45) is 0 Å². The lowest BCUT2D eigenvalue weighted by molar-refractivity contribution is -0.146. The maximum absolute atomic E-state index is 11.7. The van der Waals surface area contributed by atoms with Gasteiger partial charge in [-0.1, -0.05) is 32.0 Å². The zero-order valence-electron chi connectivity index (χ0n) is 27.3. The summed E-state index contributed by atoms with van der Waals surface area (Å²) in [6.45, 7) is -6.13. The first kappa shape index (κ1) is 44.6. The summed E-state index contributed by atoms with van der Waals surface area (Å²) in [5.41, 5.74) is -2.11. The molecule has 1 aromatic rings. The lowest BCUT2D eigenvalue weighted by Crippen LogP contribution is -2.62. The van der Waals surface area contributed by atoms with Crippen LogP contribution in [0.4, 0.5) is 0 Å². The molecule has 0 atom stereocenters. The van der Waals surface area contributed by atoms with Crippen molar-refractivity contribution in [2.75, 3.05) is 72.0 Å². The summed E-state index contributed by atoms with van der Waals surface area (Å²) in [6.07, 6.45) is 0. The van der Waals surface area contributed by atoms with Crippen molar-refractivity contribution in [3.63, 3.8) is 0 Å². The van der Waals surface area contributed by atoms with Crippen LogP contribution in [0.2, 0.25) is 0 Å². The van der Waals surface area contributed by atoms with E-state index in [-0.39, 0.29) is 11.3 Å². The lowest BCUT2D eigenvalue weighted by Gasteiger charge is -2.43. The van der Waals surface area contributed by atoms with Crippen molar-refractivity contribution in [1.82, 2.24) is 19.6 Å². The van der Waals surface area contributed by atoms with Crippen molar-refractivity contribution in [1.29, 1.82) is 0 Å². The number of carboxylic acids is 8. The zero-order valence-corrected chi connectivity index (χ0v) is 27.3. The smallest absolute Gasteiger partial charge is 0.317 e. The molecule has 0 spiro atoms. The van der Waals surface area contributed by atoms with Crippen LogP contribution in [-0.2, 0) is 44.9 Å². The first-order valence-corrected chi connectivity index (χ1v) is 14.7. The second-order valence-electron chi connectivity index (χ2n) is 10.6. The molecule has 0 aromatic heterocycles. The molecule has 21 nitrogen and oxygen atoms in total. The predicted octanol–water partition coefficient (Wildman–Crippen LogP) is -1.78. The fourth-order valence-electron chi connectivity index (χ4n) is 4.88. The Morgan fingerprint density at radius 1 is 0.480 bits per heavy atom. The minimum atomic E-state index is -2.21. The van der Waals surface area contributed by atoms with Gasteiger partial charge in [-0.2, -0.15) is 0 Å². The lowest BCUT2D eigenvalue weighted by atomic mass is 9.99. The molecule has 0 radical (unpaired) electrons. The van der Waals surface area contributed by atoms with Crippen LogP contribution < -0.4 is 4.74 Å². The Hall–Kier alpha value is -5.38. The van der Waals surface area contributed by atoms with Gasteiger partial charge in [-0.3, -0.25) is 58.0 Å². The monoisotopic (exact) mass is 718 g/mol. The van der Waals surface area contributed by atoms with Gasteiger partial charge in [0.2, 0.25) is 0 Å². The zero-order chi connectivity index (χ0) is 38.6. The first-order valence-electron chi connectivity index (χ1n) is 14.7. The van der Waals surface area contributed by atoms with E-state index in [4.69, 9.17) is 4.74 Å². The number of nitrogens with zero attached hydrogens (tertiary/aromatic N) is 4. The van der Waals surface area contributed by atoms with Crippen LogP contribution in [-0.4, -0.2) is 186 Å². The number of ether oxygens (including phenoxy) is 1. The minimum Gasteiger partial charge on any atom is -0.483 e. The molecule has 280 valence electrons. The van der Waals surface area contributed by atoms with Crippen molar-refractivity contribution < 1.29 is 83.9 Å². The summed E-state index contributed by atoms with van der Waals surface area (Å²) < 4.78 is 6.32. The highest BCUT2D eigenvalue weighted by molar-refractivity contribution is 5.74.